The smallest absolute Gasteiger partial charge is 0.296 e. The van der Waals surface area contributed by atoms with E-state index in [2.05, 4.69) is 15.4 Å². The molecule has 30 heavy (non-hydrogen) atoms. The van der Waals surface area contributed by atoms with Gasteiger partial charge < -0.3 is 14.8 Å². The van der Waals surface area contributed by atoms with Gasteiger partial charge >= 0.3 is 0 Å². The molecular weight excluding hydrogens is 408 g/mol. The molecule has 0 aliphatic rings. The summed E-state index contributed by atoms with van der Waals surface area (Å²) in [5, 5.41) is 6.63. The molecule has 7 nitrogen and oxygen atoms in total. The largest absolute Gasteiger partial charge is 0.493 e. The van der Waals surface area contributed by atoms with E-state index < -0.39 is 28.8 Å². The van der Waals surface area contributed by atoms with Gasteiger partial charge in [0.25, 0.3) is 5.56 Å². The van der Waals surface area contributed by atoms with Gasteiger partial charge in [-0.25, -0.2) is 22.2 Å². The molecular formula is C19H16F4N4O3. The van der Waals surface area contributed by atoms with Gasteiger partial charge in [-0.15, -0.1) is 0 Å². The molecule has 2 aromatic carbocycles. The molecule has 0 saturated carbocycles. The first kappa shape index (κ1) is 21.1. The van der Waals surface area contributed by atoms with Crippen molar-refractivity contribution in [2.75, 3.05) is 19.5 Å². The van der Waals surface area contributed by atoms with E-state index >= 15 is 0 Å². The van der Waals surface area contributed by atoms with Crippen LogP contribution in [0.3, 0.4) is 0 Å². The van der Waals surface area contributed by atoms with E-state index in [1.54, 1.807) is 0 Å². The monoisotopic (exact) mass is 424 g/mol. The zero-order chi connectivity index (χ0) is 22.0. The fourth-order valence-electron chi connectivity index (χ4n) is 2.65. The number of hydrogen-bond acceptors (Lipinski definition) is 6. The Bertz CT molecular complexity index is 1140. The summed E-state index contributed by atoms with van der Waals surface area (Å²) in [5.41, 5.74) is -0.794. The fourth-order valence-corrected chi connectivity index (χ4v) is 2.65. The van der Waals surface area contributed by atoms with Crippen LogP contribution in [-0.2, 0) is 6.54 Å². The van der Waals surface area contributed by atoms with Crippen molar-refractivity contribution in [2.24, 2.45) is 0 Å². The van der Waals surface area contributed by atoms with E-state index in [-0.39, 0.29) is 40.9 Å². The van der Waals surface area contributed by atoms with E-state index in [9.17, 15) is 22.4 Å². The minimum atomic E-state index is -1.60. The second-order valence-corrected chi connectivity index (χ2v) is 6.17. The summed E-state index contributed by atoms with van der Waals surface area (Å²) in [4.78, 5) is 15.8. The molecule has 11 heteroatoms. The standard InChI is InChI=1S/C19H16F4N4O3/c1-9-18(28)25-19(24-14-7-16(30-3)15(29-2)6-11(14)20)27(26-9)8-10-4-12(21)17(23)13(22)5-10/h4-7H,8H2,1-3H3,(H,24,25,28). The van der Waals surface area contributed by atoms with Gasteiger partial charge in [-0.05, 0) is 24.6 Å². The summed E-state index contributed by atoms with van der Waals surface area (Å²) in [6, 6.07) is 3.92. The van der Waals surface area contributed by atoms with Crippen LogP contribution in [0.15, 0.2) is 29.1 Å². The molecule has 0 saturated heterocycles. The minimum Gasteiger partial charge on any atom is -0.493 e. The number of nitrogens with one attached hydrogen (secondary N) is 1. The van der Waals surface area contributed by atoms with Gasteiger partial charge in [0, 0.05) is 12.1 Å². The Hall–Kier alpha value is -3.63. The van der Waals surface area contributed by atoms with Gasteiger partial charge in [0.05, 0.1) is 26.5 Å². The Morgan fingerprint density at radius 1 is 0.967 bits per heavy atom. The van der Waals surface area contributed by atoms with Crippen LogP contribution in [-0.4, -0.2) is 29.0 Å². The Morgan fingerprint density at radius 2 is 1.57 bits per heavy atom. The number of nitrogens with zero attached hydrogens (tertiary/aromatic N) is 3. The number of anilines is 2. The summed E-state index contributed by atoms with van der Waals surface area (Å²) in [5.74, 6) is -4.96. The highest BCUT2D eigenvalue weighted by molar-refractivity contribution is 5.61. The molecule has 1 heterocycles. The molecule has 0 fully saturated rings. The van der Waals surface area contributed by atoms with Crippen molar-refractivity contribution < 1.29 is 27.0 Å². The highest BCUT2D eigenvalue weighted by Gasteiger charge is 2.16. The van der Waals surface area contributed by atoms with Crippen LogP contribution in [0.2, 0.25) is 0 Å². The number of halogens is 4. The van der Waals surface area contributed by atoms with E-state index in [1.807, 2.05) is 0 Å². The van der Waals surface area contributed by atoms with Crippen molar-refractivity contribution in [2.45, 2.75) is 13.5 Å². The lowest BCUT2D eigenvalue weighted by molar-refractivity contribution is 0.353. The lowest BCUT2D eigenvalue weighted by Crippen LogP contribution is -2.23. The topological polar surface area (TPSA) is 78.3 Å². The number of ether oxygens (including phenoxy) is 2. The Balaban J connectivity index is 2.04. The molecule has 0 aliphatic carbocycles. The first-order valence-corrected chi connectivity index (χ1v) is 8.51. The second kappa shape index (κ2) is 8.39. The highest BCUT2D eigenvalue weighted by atomic mass is 19.2. The number of rotatable bonds is 6. The number of aryl methyl sites for hydroxylation is 1. The molecule has 0 atom stereocenters. The maximum atomic E-state index is 14.5. The molecule has 0 spiro atoms. The van der Waals surface area contributed by atoms with Crippen LogP contribution in [0.1, 0.15) is 11.3 Å². The van der Waals surface area contributed by atoms with Crippen molar-refractivity contribution >= 4 is 11.6 Å². The minimum absolute atomic E-state index is 0.00334. The average Bonchev–Trinajstić information content (AvgIpc) is 2.70. The quantitative estimate of drug-likeness (QED) is 0.483. The second-order valence-electron chi connectivity index (χ2n) is 6.17. The van der Waals surface area contributed by atoms with E-state index in [0.29, 0.717) is 0 Å². The summed E-state index contributed by atoms with van der Waals surface area (Å²) in [7, 11) is 2.70. The third-order valence-electron chi connectivity index (χ3n) is 4.13. The number of methoxy groups -OCH3 is 2. The van der Waals surface area contributed by atoms with Gasteiger partial charge in [-0.3, -0.25) is 4.79 Å². The van der Waals surface area contributed by atoms with Crippen LogP contribution >= 0.6 is 0 Å². The summed E-state index contributed by atoms with van der Waals surface area (Å²) in [6.07, 6.45) is 0. The van der Waals surface area contributed by atoms with Crippen LogP contribution in [0.25, 0.3) is 0 Å². The summed E-state index contributed by atoms with van der Waals surface area (Å²) < 4.78 is 66.0. The van der Waals surface area contributed by atoms with Crippen molar-refractivity contribution in [3.05, 3.63) is 69.1 Å². The lowest BCUT2D eigenvalue weighted by Gasteiger charge is -2.16. The molecule has 3 rings (SSSR count). The maximum absolute atomic E-state index is 14.5. The van der Waals surface area contributed by atoms with Gasteiger partial charge in [-0.2, -0.15) is 10.1 Å². The lowest BCUT2D eigenvalue weighted by atomic mass is 10.2. The normalized spacial score (nSPS) is 10.8. The van der Waals surface area contributed by atoms with Gasteiger partial charge in [-0.1, -0.05) is 0 Å². The van der Waals surface area contributed by atoms with Gasteiger partial charge in [0.1, 0.15) is 5.69 Å². The van der Waals surface area contributed by atoms with Crippen LogP contribution < -0.4 is 20.3 Å². The predicted octanol–water partition coefficient (Wildman–Crippen LogP) is 3.31. The van der Waals surface area contributed by atoms with Crippen LogP contribution in [0.5, 0.6) is 11.5 Å². The Kier molecular flexibility index (Phi) is 5.90. The third-order valence-corrected chi connectivity index (χ3v) is 4.13. The number of hydrogen-bond donors (Lipinski definition) is 1. The molecule has 158 valence electrons. The SMILES string of the molecule is COc1cc(F)c(Nc2nc(=O)c(C)nn2Cc2cc(F)c(F)c(F)c2)cc1OC. The molecule has 0 amide bonds. The fraction of sp³-hybridized carbons (Fsp3) is 0.211. The number of aromatic nitrogens is 3. The Morgan fingerprint density at radius 3 is 2.17 bits per heavy atom. The van der Waals surface area contributed by atoms with Crippen molar-refractivity contribution in [3.8, 4) is 11.5 Å². The van der Waals surface area contributed by atoms with Crippen LogP contribution in [0.4, 0.5) is 29.2 Å². The highest BCUT2D eigenvalue weighted by Crippen LogP contribution is 2.33. The zero-order valence-corrected chi connectivity index (χ0v) is 16.1. The van der Waals surface area contributed by atoms with Crippen molar-refractivity contribution in [1.29, 1.82) is 0 Å². The molecule has 0 bridgehead atoms. The molecule has 3 aromatic rings. The Labute approximate surface area is 167 Å². The van der Waals surface area contributed by atoms with E-state index in [1.165, 1.54) is 27.2 Å². The molecule has 0 aliphatic heterocycles. The number of benzene rings is 2. The summed E-state index contributed by atoms with van der Waals surface area (Å²) in [6.45, 7) is 1.11. The van der Waals surface area contributed by atoms with Gasteiger partial charge in [0.15, 0.2) is 34.8 Å². The third kappa shape index (κ3) is 4.19. The first-order chi connectivity index (χ1) is 14.2. The molecule has 0 unspecified atom stereocenters. The molecule has 1 N–H and O–H groups in total. The van der Waals surface area contributed by atoms with E-state index in [4.69, 9.17) is 9.47 Å². The summed E-state index contributed by atoms with van der Waals surface area (Å²) >= 11 is 0. The first-order valence-electron chi connectivity index (χ1n) is 8.51. The van der Waals surface area contributed by atoms with Crippen molar-refractivity contribution in [3.63, 3.8) is 0 Å². The average molecular weight is 424 g/mol. The predicted molar refractivity (Wildman–Crippen MR) is 99.2 cm³/mol. The van der Waals surface area contributed by atoms with Gasteiger partial charge in [0.2, 0.25) is 5.95 Å². The molecule has 1 aromatic heterocycles. The van der Waals surface area contributed by atoms with E-state index in [0.717, 1.165) is 22.9 Å². The zero-order valence-electron chi connectivity index (χ0n) is 16.1. The maximum Gasteiger partial charge on any atom is 0.296 e. The van der Waals surface area contributed by atoms with Crippen molar-refractivity contribution in [1.82, 2.24) is 14.8 Å². The molecule has 0 radical (unpaired) electrons. The van der Waals surface area contributed by atoms with Crippen LogP contribution in [0, 0.1) is 30.2 Å².